The summed E-state index contributed by atoms with van der Waals surface area (Å²) in [6.45, 7) is -2.41. The lowest BCUT2D eigenvalue weighted by molar-refractivity contribution is -0.137. The van der Waals surface area contributed by atoms with Crippen LogP contribution in [0.2, 0.25) is 0 Å². The van der Waals surface area contributed by atoms with Crippen LogP contribution in [0.25, 0.3) is 32.5 Å². The molecule has 3 heterocycles. The molecule has 1 saturated heterocycles. The van der Waals surface area contributed by atoms with E-state index in [0.717, 1.165) is 29.5 Å². The van der Waals surface area contributed by atoms with Crippen molar-refractivity contribution in [2.75, 3.05) is 13.1 Å². The van der Waals surface area contributed by atoms with E-state index in [0.29, 0.717) is 36.5 Å². The molecule has 1 aliphatic heterocycles. The molecular formula is C23H17F5N2O4S. The number of carbonyl (C=O) groups is 1. The molecule has 0 atom stereocenters. The van der Waals surface area contributed by atoms with Crippen LogP contribution in [0.15, 0.2) is 40.1 Å². The lowest BCUT2D eigenvalue weighted by Gasteiger charge is -2.28. The molecule has 0 aliphatic carbocycles. The summed E-state index contributed by atoms with van der Waals surface area (Å²) in [6, 6.07) is 5.48. The summed E-state index contributed by atoms with van der Waals surface area (Å²) in [5, 5.41) is 11.7. The van der Waals surface area contributed by atoms with Crippen LogP contribution >= 0.6 is 11.3 Å². The molecule has 1 fully saturated rings. The third-order valence-corrected chi connectivity index (χ3v) is 6.71. The van der Waals surface area contributed by atoms with Gasteiger partial charge >= 0.3 is 12.8 Å². The molecule has 1 N–H and O–H groups in total. The first-order valence-electron chi connectivity index (χ1n) is 10.6. The minimum atomic E-state index is -4.63. The van der Waals surface area contributed by atoms with Crippen molar-refractivity contribution in [1.82, 2.24) is 9.88 Å². The Hall–Kier alpha value is -3.25. The van der Waals surface area contributed by atoms with Crippen LogP contribution < -0.4 is 4.74 Å². The molecule has 0 unspecified atom stereocenters. The molecule has 4 aromatic rings. The van der Waals surface area contributed by atoms with Crippen LogP contribution in [0.4, 0.5) is 22.0 Å². The highest BCUT2D eigenvalue weighted by molar-refractivity contribution is 7.13. The van der Waals surface area contributed by atoms with Gasteiger partial charge in [0.2, 0.25) is 0 Å². The number of likely N-dealkylation sites (tertiary alicyclic amines) is 1. The zero-order chi connectivity index (χ0) is 24.9. The number of furan rings is 1. The summed E-state index contributed by atoms with van der Waals surface area (Å²) in [5.41, 5.74) is -0.560. The van der Waals surface area contributed by atoms with Crippen molar-refractivity contribution >= 4 is 39.2 Å². The molecule has 12 heteroatoms. The number of hydrogen-bond donors (Lipinski definition) is 1. The van der Waals surface area contributed by atoms with Crippen LogP contribution in [0.3, 0.4) is 0 Å². The van der Waals surface area contributed by atoms with E-state index >= 15 is 0 Å². The molecule has 35 heavy (non-hydrogen) atoms. The number of fused-ring (bicyclic) bond motifs is 3. The Morgan fingerprint density at radius 1 is 1.20 bits per heavy atom. The fourth-order valence-electron chi connectivity index (χ4n) is 4.13. The van der Waals surface area contributed by atoms with E-state index in [1.807, 2.05) is 0 Å². The molecular weight excluding hydrogens is 495 g/mol. The normalized spacial score (nSPS) is 15.5. The number of carbonyl (C=O) groups excluding carboxylic acids is 1. The zero-order valence-corrected chi connectivity index (χ0v) is 18.6. The van der Waals surface area contributed by atoms with E-state index in [1.54, 1.807) is 4.90 Å². The van der Waals surface area contributed by atoms with Crippen LogP contribution in [0.5, 0.6) is 5.75 Å². The maximum atomic E-state index is 13.4. The molecule has 0 bridgehead atoms. The van der Waals surface area contributed by atoms with Crippen LogP contribution in [-0.4, -0.2) is 46.7 Å². The first kappa shape index (κ1) is 23.5. The van der Waals surface area contributed by atoms with Gasteiger partial charge in [0.25, 0.3) is 5.91 Å². The van der Waals surface area contributed by atoms with E-state index in [2.05, 4.69) is 9.72 Å². The Kier molecular flexibility index (Phi) is 5.88. The van der Waals surface area contributed by atoms with Crippen molar-refractivity contribution in [1.29, 1.82) is 0 Å². The first-order chi connectivity index (χ1) is 16.6. The van der Waals surface area contributed by atoms with E-state index in [-0.39, 0.29) is 39.3 Å². The van der Waals surface area contributed by atoms with Gasteiger partial charge in [-0.25, -0.2) is 4.98 Å². The van der Waals surface area contributed by atoms with Crippen molar-refractivity contribution in [2.24, 2.45) is 0 Å². The monoisotopic (exact) mass is 512 g/mol. The molecule has 1 amide bonds. The molecule has 184 valence electrons. The average Bonchev–Trinajstić information content (AvgIpc) is 3.44. The Balaban J connectivity index is 1.63. The van der Waals surface area contributed by atoms with E-state index in [1.165, 1.54) is 17.5 Å². The van der Waals surface area contributed by atoms with E-state index < -0.39 is 24.5 Å². The van der Waals surface area contributed by atoms with Gasteiger partial charge in [-0.05, 0) is 43.2 Å². The summed E-state index contributed by atoms with van der Waals surface area (Å²) >= 11 is 1.09. The van der Waals surface area contributed by atoms with Crippen LogP contribution in [0.1, 0.15) is 28.9 Å². The molecule has 2 aromatic carbocycles. The number of hydrogen-bond acceptors (Lipinski definition) is 6. The largest absolute Gasteiger partial charge is 0.452 e. The number of benzene rings is 2. The zero-order valence-electron chi connectivity index (χ0n) is 17.8. The predicted molar refractivity (Wildman–Crippen MR) is 118 cm³/mol. The van der Waals surface area contributed by atoms with E-state index in [4.69, 9.17) is 4.42 Å². The summed E-state index contributed by atoms with van der Waals surface area (Å²) in [5.74, 6) is -0.659. The molecule has 0 saturated carbocycles. The molecule has 1 aliphatic rings. The maximum Gasteiger partial charge on any atom is 0.416 e. The van der Waals surface area contributed by atoms with Gasteiger partial charge in [-0.2, -0.15) is 22.0 Å². The smallest absolute Gasteiger partial charge is 0.416 e. The fourth-order valence-corrected chi connectivity index (χ4v) is 4.95. The summed E-state index contributed by atoms with van der Waals surface area (Å²) in [7, 11) is 0. The highest BCUT2D eigenvalue weighted by Crippen LogP contribution is 2.44. The van der Waals surface area contributed by atoms with Gasteiger partial charge in [0.15, 0.2) is 11.3 Å². The quantitative estimate of drug-likeness (QED) is 0.343. The van der Waals surface area contributed by atoms with Gasteiger partial charge < -0.3 is 19.2 Å². The number of alkyl halides is 5. The fraction of sp³-hybridized carbons (Fsp3) is 0.304. The molecule has 2 aromatic heterocycles. The van der Waals surface area contributed by atoms with Crippen molar-refractivity contribution in [2.45, 2.75) is 31.7 Å². The summed E-state index contributed by atoms with van der Waals surface area (Å²) in [4.78, 5) is 18.8. The van der Waals surface area contributed by atoms with Gasteiger partial charge in [0, 0.05) is 34.8 Å². The Bertz CT molecular complexity index is 1410. The average molecular weight is 512 g/mol. The van der Waals surface area contributed by atoms with Gasteiger partial charge in [-0.3, -0.25) is 4.79 Å². The topological polar surface area (TPSA) is 75.8 Å². The third-order valence-electron chi connectivity index (χ3n) is 5.83. The molecule has 0 radical (unpaired) electrons. The Morgan fingerprint density at radius 3 is 2.63 bits per heavy atom. The van der Waals surface area contributed by atoms with E-state index in [9.17, 15) is 31.9 Å². The van der Waals surface area contributed by atoms with Crippen molar-refractivity contribution in [3.63, 3.8) is 0 Å². The predicted octanol–water partition coefficient (Wildman–Crippen LogP) is 5.93. The Morgan fingerprint density at radius 2 is 1.94 bits per heavy atom. The number of aliphatic hydroxyl groups is 1. The van der Waals surface area contributed by atoms with Gasteiger partial charge in [-0.15, -0.1) is 11.3 Å². The second-order valence-corrected chi connectivity index (χ2v) is 8.92. The lowest BCUT2D eigenvalue weighted by atomic mass is 10.0. The highest BCUT2D eigenvalue weighted by Gasteiger charge is 2.32. The standard InChI is InChI=1S/C23H17F5N2O4S/c24-22(25)34-17-4-2-13(18-14-9-11(23(26,27)28)1-3-16(14)33-19(17)18)20-29-15(10-35-20)21(32)30-7-5-12(31)6-8-30/h1-4,9-10,12,22,31H,5-8H2. The molecule has 6 nitrogen and oxygen atoms in total. The lowest BCUT2D eigenvalue weighted by Crippen LogP contribution is -2.40. The number of ether oxygens (including phenoxy) is 1. The number of amides is 1. The van der Waals surface area contributed by atoms with Gasteiger partial charge in [-0.1, -0.05) is 0 Å². The number of rotatable bonds is 4. The first-order valence-corrected chi connectivity index (χ1v) is 11.4. The van der Waals surface area contributed by atoms with Crippen molar-refractivity contribution < 1.29 is 41.0 Å². The number of halogens is 5. The number of nitrogens with zero attached hydrogens (tertiary/aromatic N) is 2. The number of thiazole rings is 1. The Labute approximate surface area is 198 Å². The summed E-state index contributed by atoms with van der Waals surface area (Å²) < 4.78 is 76.2. The minimum absolute atomic E-state index is 0.0534. The second-order valence-electron chi connectivity index (χ2n) is 8.07. The van der Waals surface area contributed by atoms with Gasteiger partial charge in [0.05, 0.1) is 11.7 Å². The number of aromatic nitrogens is 1. The van der Waals surface area contributed by atoms with Gasteiger partial charge in [0.1, 0.15) is 16.3 Å². The minimum Gasteiger partial charge on any atom is -0.452 e. The number of piperidine rings is 1. The second kappa shape index (κ2) is 8.76. The van der Waals surface area contributed by atoms with Crippen LogP contribution in [0, 0.1) is 0 Å². The molecule has 5 rings (SSSR count). The summed E-state index contributed by atoms with van der Waals surface area (Å²) in [6.07, 6.45) is -4.17. The van der Waals surface area contributed by atoms with Crippen molar-refractivity contribution in [3.05, 3.63) is 47.0 Å². The highest BCUT2D eigenvalue weighted by atomic mass is 32.1. The van der Waals surface area contributed by atoms with Crippen LogP contribution in [-0.2, 0) is 6.18 Å². The van der Waals surface area contributed by atoms with Crippen molar-refractivity contribution in [3.8, 4) is 16.3 Å². The third kappa shape index (κ3) is 4.43. The maximum absolute atomic E-state index is 13.4. The number of aliphatic hydroxyl groups excluding tert-OH is 1. The SMILES string of the molecule is O=C(c1csc(-c2ccc(OC(F)F)c3oc4ccc(C(F)(F)F)cc4c23)n1)N1CCC(O)CC1. The molecule has 0 spiro atoms.